The first-order valence-corrected chi connectivity index (χ1v) is 14.0. The van der Waals surface area contributed by atoms with E-state index in [1.807, 2.05) is 0 Å². The Morgan fingerprint density at radius 1 is 0.514 bits per heavy atom. The summed E-state index contributed by atoms with van der Waals surface area (Å²) in [6, 6.07) is 32.1. The summed E-state index contributed by atoms with van der Waals surface area (Å²) in [5.74, 6) is 0. The van der Waals surface area contributed by atoms with Crippen LogP contribution in [0.3, 0.4) is 0 Å². The summed E-state index contributed by atoms with van der Waals surface area (Å²) in [6.45, 7) is 14.1. The molecule has 4 aromatic rings. The van der Waals surface area contributed by atoms with E-state index in [-0.39, 0.29) is 10.8 Å². The lowest BCUT2D eigenvalue weighted by Gasteiger charge is -2.25. The van der Waals surface area contributed by atoms with Gasteiger partial charge in [-0.25, -0.2) is 0 Å². The highest BCUT2D eigenvalue weighted by atomic mass is 14.3. The van der Waals surface area contributed by atoms with Gasteiger partial charge in [0.2, 0.25) is 0 Å². The fourth-order valence-corrected chi connectivity index (χ4v) is 5.82. The van der Waals surface area contributed by atoms with Gasteiger partial charge in [0.15, 0.2) is 0 Å². The van der Waals surface area contributed by atoms with Crippen LogP contribution in [0.2, 0.25) is 0 Å². The maximum absolute atomic E-state index is 2.53. The Kier molecular flexibility index (Phi) is 6.88. The highest BCUT2D eigenvalue weighted by Crippen LogP contribution is 2.37. The molecule has 0 fully saturated rings. The number of benzene rings is 4. The Labute approximate surface area is 224 Å². The quantitative estimate of drug-likeness (QED) is 0.270. The molecule has 0 atom stereocenters. The molecule has 0 spiro atoms. The van der Waals surface area contributed by atoms with Crippen LogP contribution in [-0.2, 0) is 42.9 Å². The molecule has 0 radical (unpaired) electrons. The van der Waals surface area contributed by atoms with E-state index in [1.54, 1.807) is 11.1 Å². The van der Waals surface area contributed by atoms with Crippen LogP contribution >= 0.6 is 0 Å². The molecule has 190 valence electrons. The van der Waals surface area contributed by atoms with Crippen LogP contribution in [0.1, 0.15) is 97.2 Å². The first-order chi connectivity index (χ1) is 17.6. The number of hydrogen-bond donors (Lipinski definition) is 0. The molecule has 0 saturated heterocycles. The first kappa shape index (κ1) is 25.5. The van der Waals surface area contributed by atoms with Gasteiger partial charge in [-0.1, -0.05) is 126 Å². The second-order valence-electron chi connectivity index (χ2n) is 13.0. The minimum absolute atomic E-state index is 0.126. The highest BCUT2D eigenvalue weighted by molar-refractivity contribution is 5.52. The van der Waals surface area contributed by atoms with Crippen molar-refractivity contribution in [3.8, 4) is 0 Å². The molecular formula is C37H42. The third kappa shape index (κ3) is 5.74. The Bertz CT molecular complexity index is 1270. The number of fused-ring (bicyclic) bond motifs is 2. The monoisotopic (exact) mass is 486 g/mol. The van der Waals surface area contributed by atoms with Crippen molar-refractivity contribution in [3.63, 3.8) is 0 Å². The summed E-state index contributed by atoms with van der Waals surface area (Å²) in [7, 11) is 0. The summed E-state index contributed by atoms with van der Waals surface area (Å²) in [4.78, 5) is 0. The highest BCUT2D eigenvalue weighted by Gasteiger charge is 2.25. The van der Waals surface area contributed by atoms with Crippen LogP contribution in [0.25, 0.3) is 0 Å². The summed E-state index contributed by atoms with van der Waals surface area (Å²) in [6.07, 6.45) is 5.28. The van der Waals surface area contributed by atoms with Gasteiger partial charge in [-0.05, 0) is 98.6 Å². The van der Waals surface area contributed by atoms with E-state index in [0.717, 1.165) is 32.1 Å². The van der Waals surface area contributed by atoms with Crippen molar-refractivity contribution in [2.24, 2.45) is 0 Å². The van der Waals surface area contributed by atoms with Crippen LogP contribution in [-0.4, -0.2) is 0 Å². The van der Waals surface area contributed by atoms with Gasteiger partial charge >= 0.3 is 0 Å². The van der Waals surface area contributed by atoms with E-state index in [9.17, 15) is 0 Å². The Balaban J connectivity index is 1.63. The van der Waals surface area contributed by atoms with Crippen LogP contribution in [0.4, 0.5) is 0 Å². The van der Waals surface area contributed by atoms with Gasteiger partial charge in [0.05, 0.1) is 0 Å². The molecule has 0 unspecified atom stereocenters. The summed E-state index contributed by atoms with van der Waals surface area (Å²) in [5, 5.41) is 0. The molecular weight excluding hydrogens is 444 g/mol. The number of hydrogen-bond acceptors (Lipinski definition) is 0. The fourth-order valence-electron chi connectivity index (χ4n) is 5.82. The lowest BCUT2D eigenvalue weighted by molar-refractivity contribution is 0.587. The molecule has 0 nitrogen and oxygen atoms in total. The van der Waals surface area contributed by atoms with Crippen molar-refractivity contribution in [1.82, 2.24) is 0 Å². The van der Waals surface area contributed by atoms with Crippen molar-refractivity contribution < 1.29 is 0 Å². The molecule has 0 aromatic heterocycles. The van der Waals surface area contributed by atoms with Gasteiger partial charge in [-0.15, -0.1) is 0 Å². The van der Waals surface area contributed by atoms with Crippen molar-refractivity contribution in [1.29, 1.82) is 0 Å². The van der Waals surface area contributed by atoms with E-state index < -0.39 is 0 Å². The zero-order valence-corrected chi connectivity index (χ0v) is 23.6. The smallest absolute Gasteiger partial charge is 0.00199 e. The average molecular weight is 487 g/mol. The van der Waals surface area contributed by atoms with Crippen molar-refractivity contribution in [2.75, 3.05) is 0 Å². The van der Waals surface area contributed by atoms with E-state index >= 15 is 0 Å². The lowest BCUT2D eigenvalue weighted by atomic mass is 9.80. The minimum Gasteiger partial charge on any atom is -0.0622 e. The van der Waals surface area contributed by atoms with Crippen LogP contribution in [0.15, 0.2) is 84.9 Å². The topological polar surface area (TPSA) is 0 Å². The van der Waals surface area contributed by atoms with Crippen LogP contribution in [0.5, 0.6) is 0 Å². The maximum Gasteiger partial charge on any atom is -0.00199 e. The fraction of sp³-hybridized carbons (Fsp3) is 0.351. The average Bonchev–Trinajstić information content (AvgIpc) is 3.04. The summed E-state index contributed by atoms with van der Waals surface area (Å²) < 4.78 is 0. The van der Waals surface area contributed by atoms with E-state index in [1.165, 1.54) is 44.5 Å². The Hall–Kier alpha value is -3.12. The van der Waals surface area contributed by atoms with Crippen molar-refractivity contribution >= 4 is 0 Å². The van der Waals surface area contributed by atoms with Gasteiger partial charge in [-0.3, -0.25) is 0 Å². The minimum atomic E-state index is 0.126. The maximum atomic E-state index is 2.53. The third-order valence-electron chi connectivity index (χ3n) is 8.08. The molecule has 4 aromatic carbocycles. The molecule has 0 heteroatoms. The zero-order valence-electron chi connectivity index (χ0n) is 23.6. The predicted molar refractivity (Wildman–Crippen MR) is 159 cm³/mol. The summed E-state index contributed by atoms with van der Waals surface area (Å²) >= 11 is 0. The Morgan fingerprint density at radius 2 is 0.892 bits per heavy atom. The van der Waals surface area contributed by atoms with Crippen LogP contribution < -0.4 is 0 Å². The van der Waals surface area contributed by atoms with Crippen molar-refractivity contribution in [2.45, 2.75) is 84.5 Å². The molecule has 0 amide bonds. The molecule has 0 N–H and O–H groups in total. The van der Waals surface area contributed by atoms with Gasteiger partial charge in [0.1, 0.15) is 0 Å². The Morgan fingerprint density at radius 3 is 1.24 bits per heavy atom. The largest absolute Gasteiger partial charge is 0.0622 e. The molecule has 5 rings (SSSR count). The number of rotatable bonds is 4. The predicted octanol–water partition coefficient (Wildman–Crippen LogP) is 9.15. The van der Waals surface area contributed by atoms with Crippen LogP contribution in [0, 0.1) is 0 Å². The molecule has 0 bridgehead atoms. The normalized spacial score (nSPS) is 13.6. The second-order valence-corrected chi connectivity index (χ2v) is 13.0. The molecule has 0 aliphatic heterocycles. The standard InChI is InChI=1S/C37H42/c1-36(2,3)32-22-28(19-26-13-9-7-10-14-26)34-17-18-35-29(20-27-15-11-8-12-16-27)23-33(37(4,5)6)25-31(35)21-30(34)24-32/h7-16,22-25H,17-21H2,1-6H3. The second kappa shape index (κ2) is 9.97. The van der Waals surface area contributed by atoms with Gasteiger partial charge in [0, 0.05) is 0 Å². The molecule has 0 heterocycles. The van der Waals surface area contributed by atoms with E-state index in [2.05, 4.69) is 126 Å². The van der Waals surface area contributed by atoms with Gasteiger partial charge in [-0.2, -0.15) is 0 Å². The van der Waals surface area contributed by atoms with E-state index in [4.69, 9.17) is 0 Å². The van der Waals surface area contributed by atoms with Gasteiger partial charge in [0.25, 0.3) is 0 Å². The third-order valence-corrected chi connectivity index (χ3v) is 8.08. The molecule has 0 saturated carbocycles. The molecule has 1 aliphatic rings. The molecule has 1 aliphatic carbocycles. The van der Waals surface area contributed by atoms with Gasteiger partial charge < -0.3 is 0 Å². The lowest BCUT2D eigenvalue weighted by Crippen LogP contribution is -2.14. The summed E-state index contributed by atoms with van der Waals surface area (Å²) in [5.41, 5.74) is 15.2. The first-order valence-electron chi connectivity index (χ1n) is 14.0. The SMILES string of the molecule is CC(C)(C)c1cc(Cc2ccccc2)c2c(c1)Cc1cc(C(C)(C)C)cc(Cc3ccccc3)c1CC2. The molecule has 37 heavy (non-hydrogen) atoms. The van der Waals surface area contributed by atoms with E-state index in [0.29, 0.717) is 0 Å². The van der Waals surface area contributed by atoms with Crippen molar-refractivity contribution in [3.05, 3.63) is 141 Å². The zero-order chi connectivity index (χ0) is 26.2.